The van der Waals surface area contributed by atoms with Crippen LogP contribution in [0, 0.1) is 5.92 Å². The monoisotopic (exact) mass is 337 g/mol. The van der Waals surface area contributed by atoms with Crippen LogP contribution in [0.4, 0.5) is 5.69 Å². The molecule has 0 aromatic heterocycles. The maximum absolute atomic E-state index is 5.98. The molecule has 0 bridgehead atoms. The fourth-order valence-electron chi connectivity index (χ4n) is 3.82. The largest absolute Gasteiger partial charge is 0.398 e. The molecule has 2 unspecified atom stereocenters. The first-order valence-electron chi connectivity index (χ1n) is 7.60. The second-order valence-electron chi connectivity index (χ2n) is 6.33. The molecule has 2 atom stereocenters. The van der Waals surface area contributed by atoms with Crippen LogP contribution in [0.3, 0.4) is 0 Å². The zero-order chi connectivity index (χ0) is 14.1. The lowest BCUT2D eigenvalue weighted by atomic mass is 9.84. The minimum Gasteiger partial charge on any atom is -0.398 e. The van der Waals surface area contributed by atoms with Gasteiger partial charge in [-0.1, -0.05) is 6.07 Å². The van der Waals surface area contributed by atoms with Crippen LogP contribution in [0.25, 0.3) is 0 Å². The van der Waals surface area contributed by atoms with Crippen LogP contribution in [0.5, 0.6) is 0 Å². The molecule has 2 heterocycles. The Balaban J connectivity index is 1.63. The smallest absolute Gasteiger partial charge is 0.0461 e. The van der Waals surface area contributed by atoms with E-state index in [1.807, 2.05) is 0 Å². The molecular weight excluding hydrogens is 314 g/mol. The third kappa shape index (κ3) is 3.02. The summed E-state index contributed by atoms with van der Waals surface area (Å²) in [5.74, 6) is 0.857. The van der Waals surface area contributed by atoms with Crippen molar-refractivity contribution < 1.29 is 0 Å². The number of nitrogens with two attached hydrogens (primary N) is 1. The summed E-state index contributed by atoms with van der Waals surface area (Å²) < 4.78 is 0.994. The van der Waals surface area contributed by atoms with Gasteiger partial charge < -0.3 is 10.6 Å². The number of nitrogens with zero attached hydrogens (tertiary/aromatic N) is 2. The lowest BCUT2D eigenvalue weighted by Crippen LogP contribution is -2.52. The topological polar surface area (TPSA) is 32.5 Å². The van der Waals surface area contributed by atoms with Crippen LogP contribution in [-0.2, 0) is 6.54 Å². The number of benzene rings is 1. The van der Waals surface area contributed by atoms with E-state index in [9.17, 15) is 0 Å². The number of likely N-dealkylation sites (tertiary alicyclic amines) is 2. The van der Waals surface area contributed by atoms with Crippen molar-refractivity contribution in [3.8, 4) is 0 Å². The van der Waals surface area contributed by atoms with Crippen molar-refractivity contribution in [1.29, 1.82) is 0 Å². The van der Waals surface area contributed by atoms with Gasteiger partial charge in [0.15, 0.2) is 0 Å². The van der Waals surface area contributed by atoms with E-state index in [0.29, 0.717) is 0 Å². The van der Waals surface area contributed by atoms with Crippen molar-refractivity contribution >= 4 is 21.6 Å². The Morgan fingerprint density at radius 1 is 1.30 bits per heavy atom. The van der Waals surface area contributed by atoms with Gasteiger partial charge in [-0.2, -0.15) is 0 Å². The second kappa shape index (κ2) is 6.04. The summed E-state index contributed by atoms with van der Waals surface area (Å²) in [5.41, 5.74) is 8.15. The summed E-state index contributed by atoms with van der Waals surface area (Å²) in [6, 6.07) is 7.16. The Kier molecular flexibility index (Phi) is 4.34. The predicted octanol–water partition coefficient (Wildman–Crippen LogP) is 2.95. The number of anilines is 1. The SMILES string of the molecule is CN1CCCC2CN(Cc3ccc(Br)c(N)c3)CCC21. The number of rotatable bonds is 2. The molecule has 4 heteroatoms. The first-order chi connectivity index (χ1) is 9.63. The average Bonchev–Trinajstić information content (AvgIpc) is 2.43. The van der Waals surface area contributed by atoms with E-state index in [1.165, 1.54) is 44.5 Å². The molecule has 2 fully saturated rings. The number of fused-ring (bicyclic) bond motifs is 1. The third-order valence-corrected chi connectivity index (χ3v) is 5.62. The van der Waals surface area contributed by atoms with E-state index in [1.54, 1.807) is 0 Å². The van der Waals surface area contributed by atoms with Gasteiger partial charge >= 0.3 is 0 Å². The fraction of sp³-hybridized carbons (Fsp3) is 0.625. The van der Waals surface area contributed by atoms with E-state index in [-0.39, 0.29) is 0 Å². The van der Waals surface area contributed by atoms with Crippen LogP contribution >= 0.6 is 15.9 Å². The molecule has 2 saturated heterocycles. The lowest BCUT2D eigenvalue weighted by molar-refractivity contribution is 0.0355. The summed E-state index contributed by atoms with van der Waals surface area (Å²) in [4.78, 5) is 5.17. The Morgan fingerprint density at radius 2 is 2.15 bits per heavy atom. The second-order valence-corrected chi connectivity index (χ2v) is 7.18. The minimum absolute atomic E-state index is 0.815. The fourth-order valence-corrected chi connectivity index (χ4v) is 4.07. The summed E-state index contributed by atoms with van der Waals surface area (Å²) in [5, 5.41) is 0. The van der Waals surface area contributed by atoms with Crippen LogP contribution in [0.15, 0.2) is 22.7 Å². The van der Waals surface area contributed by atoms with Crippen molar-refractivity contribution in [2.75, 3.05) is 32.4 Å². The van der Waals surface area contributed by atoms with Gasteiger partial charge in [0.25, 0.3) is 0 Å². The van der Waals surface area contributed by atoms with E-state index in [2.05, 4.69) is 51.0 Å². The molecule has 0 radical (unpaired) electrons. The summed E-state index contributed by atoms with van der Waals surface area (Å²) >= 11 is 3.46. The molecule has 20 heavy (non-hydrogen) atoms. The Morgan fingerprint density at radius 3 is 2.95 bits per heavy atom. The van der Waals surface area contributed by atoms with Gasteiger partial charge in [-0.05, 0) is 78.9 Å². The van der Waals surface area contributed by atoms with Gasteiger partial charge in [-0.3, -0.25) is 4.90 Å². The normalized spacial score (nSPS) is 28.3. The molecule has 1 aromatic carbocycles. The highest BCUT2D eigenvalue weighted by molar-refractivity contribution is 9.10. The van der Waals surface area contributed by atoms with Gasteiger partial charge in [0.1, 0.15) is 0 Å². The van der Waals surface area contributed by atoms with Gasteiger partial charge in [-0.15, -0.1) is 0 Å². The average molecular weight is 338 g/mol. The van der Waals surface area contributed by atoms with E-state index < -0.39 is 0 Å². The molecular formula is C16H24BrN3. The molecule has 2 aliphatic rings. The van der Waals surface area contributed by atoms with E-state index in [4.69, 9.17) is 5.73 Å². The molecule has 0 aliphatic carbocycles. The maximum atomic E-state index is 5.98. The van der Waals surface area contributed by atoms with Crippen LogP contribution in [0.1, 0.15) is 24.8 Å². The highest BCUT2D eigenvalue weighted by Crippen LogP contribution is 2.30. The van der Waals surface area contributed by atoms with Crippen molar-refractivity contribution in [3.05, 3.63) is 28.2 Å². The number of hydrogen-bond acceptors (Lipinski definition) is 3. The number of halogens is 1. The van der Waals surface area contributed by atoms with E-state index in [0.717, 1.165) is 28.7 Å². The summed E-state index contributed by atoms with van der Waals surface area (Å²) in [6.45, 7) is 4.77. The number of nitrogen functional groups attached to an aromatic ring is 1. The Bertz CT molecular complexity index is 477. The predicted molar refractivity (Wildman–Crippen MR) is 87.6 cm³/mol. The zero-order valence-corrected chi connectivity index (χ0v) is 13.8. The highest BCUT2D eigenvalue weighted by Gasteiger charge is 2.33. The van der Waals surface area contributed by atoms with Crippen LogP contribution in [0.2, 0.25) is 0 Å². The first-order valence-corrected chi connectivity index (χ1v) is 8.39. The van der Waals surface area contributed by atoms with Crippen molar-refractivity contribution in [3.63, 3.8) is 0 Å². The third-order valence-electron chi connectivity index (χ3n) is 4.90. The van der Waals surface area contributed by atoms with Gasteiger partial charge in [0, 0.05) is 29.3 Å². The lowest BCUT2D eigenvalue weighted by Gasteiger charge is -2.46. The van der Waals surface area contributed by atoms with Crippen molar-refractivity contribution in [2.24, 2.45) is 5.92 Å². The number of piperidine rings is 2. The molecule has 0 spiro atoms. The maximum Gasteiger partial charge on any atom is 0.0461 e. The summed E-state index contributed by atoms with van der Waals surface area (Å²) in [6.07, 6.45) is 4.07. The quantitative estimate of drug-likeness (QED) is 0.842. The molecule has 2 aliphatic heterocycles. The molecule has 0 amide bonds. The molecule has 110 valence electrons. The molecule has 0 saturated carbocycles. The van der Waals surface area contributed by atoms with Gasteiger partial charge in [0.2, 0.25) is 0 Å². The van der Waals surface area contributed by atoms with Crippen molar-refractivity contribution in [1.82, 2.24) is 9.80 Å². The minimum atomic E-state index is 0.815. The van der Waals surface area contributed by atoms with Gasteiger partial charge in [-0.25, -0.2) is 0 Å². The zero-order valence-electron chi connectivity index (χ0n) is 12.2. The van der Waals surface area contributed by atoms with E-state index >= 15 is 0 Å². The van der Waals surface area contributed by atoms with Crippen LogP contribution < -0.4 is 5.73 Å². The van der Waals surface area contributed by atoms with Crippen LogP contribution in [-0.4, -0.2) is 42.5 Å². The highest BCUT2D eigenvalue weighted by atomic mass is 79.9. The number of hydrogen-bond donors (Lipinski definition) is 1. The molecule has 1 aromatic rings. The first kappa shape index (κ1) is 14.4. The summed E-state index contributed by atoms with van der Waals surface area (Å²) in [7, 11) is 2.29. The molecule has 3 rings (SSSR count). The standard InChI is InChI=1S/C16H24BrN3/c1-19-7-2-3-13-11-20(8-6-16(13)19)10-12-4-5-14(17)15(18)9-12/h4-5,9,13,16H,2-3,6-8,10-11,18H2,1H3. The molecule has 2 N–H and O–H groups in total. The Hall–Kier alpha value is -0.580. The van der Waals surface area contributed by atoms with Gasteiger partial charge in [0.05, 0.1) is 0 Å². The van der Waals surface area contributed by atoms with Crippen molar-refractivity contribution in [2.45, 2.75) is 31.8 Å². The molecule has 3 nitrogen and oxygen atoms in total. The Labute approximate surface area is 130 Å².